The Morgan fingerprint density at radius 3 is 2.46 bits per heavy atom. The lowest BCUT2D eigenvalue weighted by Gasteiger charge is -2.21. The summed E-state index contributed by atoms with van der Waals surface area (Å²) in [5, 5.41) is 0. The molecule has 6 heteroatoms. The molecule has 0 aliphatic carbocycles. The van der Waals surface area contributed by atoms with Crippen LogP contribution in [0, 0.1) is 17.7 Å². The quantitative estimate of drug-likeness (QED) is 0.845. The van der Waals surface area contributed by atoms with Crippen LogP contribution in [-0.2, 0) is 16.6 Å². The van der Waals surface area contributed by atoms with Gasteiger partial charge in [-0.2, -0.15) is 4.31 Å². The molecule has 2 N–H and O–H groups in total. The Hall–Kier alpha value is -2.20. The minimum atomic E-state index is -3.93. The van der Waals surface area contributed by atoms with Crippen LogP contribution in [0.15, 0.2) is 53.4 Å². The van der Waals surface area contributed by atoms with E-state index in [1.54, 1.807) is 6.92 Å². The van der Waals surface area contributed by atoms with Crippen LogP contribution < -0.4 is 5.73 Å². The van der Waals surface area contributed by atoms with E-state index in [2.05, 4.69) is 11.8 Å². The zero-order chi connectivity index (χ0) is 17.6. The van der Waals surface area contributed by atoms with Crippen molar-refractivity contribution in [2.24, 2.45) is 5.73 Å². The zero-order valence-corrected chi connectivity index (χ0v) is 14.2. The monoisotopic (exact) mass is 346 g/mol. The smallest absolute Gasteiger partial charge is 0.246 e. The predicted octanol–water partition coefficient (Wildman–Crippen LogP) is 2.35. The molecule has 0 radical (unpaired) electrons. The van der Waals surface area contributed by atoms with Crippen LogP contribution in [0.4, 0.5) is 4.39 Å². The van der Waals surface area contributed by atoms with Crippen molar-refractivity contribution in [1.29, 1.82) is 0 Å². The molecule has 0 heterocycles. The number of nitrogens with two attached hydrogens (primary N) is 1. The maximum Gasteiger partial charge on any atom is 0.246 e. The molecule has 0 aromatic heterocycles. The number of hydrogen-bond donors (Lipinski definition) is 1. The molecule has 2 aromatic rings. The molecule has 0 atom stereocenters. The van der Waals surface area contributed by atoms with Crippen LogP contribution in [0.5, 0.6) is 0 Å². The predicted molar refractivity (Wildman–Crippen MR) is 92.0 cm³/mol. The summed E-state index contributed by atoms with van der Waals surface area (Å²) in [6.45, 7) is 2.31. The van der Waals surface area contributed by atoms with E-state index in [0.717, 1.165) is 11.6 Å². The molecule has 0 bridgehead atoms. The lowest BCUT2D eigenvalue weighted by molar-refractivity contribution is 0.419. The van der Waals surface area contributed by atoms with Gasteiger partial charge < -0.3 is 5.73 Å². The summed E-state index contributed by atoms with van der Waals surface area (Å²) in [6.07, 6.45) is 0. The van der Waals surface area contributed by atoms with E-state index in [9.17, 15) is 12.8 Å². The number of benzene rings is 2. The molecule has 4 nitrogen and oxygen atoms in total. The summed E-state index contributed by atoms with van der Waals surface area (Å²) in [4.78, 5) is -0.349. The fourth-order valence-electron chi connectivity index (χ4n) is 2.23. The van der Waals surface area contributed by atoms with E-state index in [4.69, 9.17) is 5.73 Å². The Morgan fingerprint density at radius 2 is 1.88 bits per heavy atom. The second kappa shape index (κ2) is 8.06. The Morgan fingerprint density at radius 1 is 1.17 bits per heavy atom. The van der Waals surface area contributed by atoms with Gasteiger partial charge in [0.25, 0.3) is 0 Å². The Labute approximate surface area is 142 Å². The summed E-state index contributed by atoms with van der Waals surface area (Å²) in [5.74, 6) is 4.48. The number of rotatable bonds is 5. The van der Waals surface area contributed by atoms with Crippen LogP contribution in [0.3, 0.4) is 0 Å². The van der Waals surface area contributed by atoms with E-state index in [1.165, 1.54) is 16.4 Å². The number of hydrogen-bond acceptors (Lipinski definition) is 3. The molecule has 126 valence electrons. The molecule has 0 aliphatic rings. The summed E-state index contributed by atoms with van der Waals surface area (Å²) in [5.41, 5.74) is 6.51. The van der Waals surface area contributed by atoms with Gasteiger partial charge >= 0.3 is 0 Å². The van der Waals surface area contributed by atoms with Crippen LogP contribution in [0.1, 0.15) is 18.1 Å². The van der Waals surface area contributed by atoms with Crippen molar-refractivity contribution in [3.05, 3.63) is 65.5 Å². The Balaban J connectivity index is 2.34. The standard InChI is InChI=1S/C18H19FN2O2S/c1-2-21(14-16-7-4-3-5-8-16)24(22,23)18-11-10-15(9-6-12-20)13-17(18)19/h3-5,7-8,10-11,13H,2,12,14,20H2,1H3. The molecule has 0 saturated carbocycles. The molecule has 24 heavy (non-hydrogen) atoms. The fraction of sp³-hybridized carbons (Fsp3) is 0.222. The Bertz CT molecular complexity index is 856. The molecular weight excluding hydrogens is 327 g/mol. The lowest BCUT2D eigenvalue weighted by atomic mass is 10.2. The fourth-order valence-corrected chi connectivity index (χ4v) is 3.72. The highest BCUT2D eigenvalue weighted by atomic mass is 32.2. The summed E-state index contributed by atoms with van der Waals surface area (Å²) >= 11 is 0. The molecule has 0 aliphatic heterocycles. The summed E-state index contributed by atoms with van der Waals surface area (Å²) < 4.78 is 41.0. The van der Waals surface area contributed by atoms with Gasteiger partial charge in [0.1, 0.15) is 10.7 Å². The highest BCUT2D eigenvalue weighted by Gasteiger charge is 2.26. The molecule has 0 fully saturated rings. The van der Waals surface area contributed by atoms with E-state index in [1.807, 2.05) is 30.3 Å². The van der Waals surface area contributed by atoms with Gasteiger partial charge in [-0.05, 0) is 23.8 Å². The molecular formula is C18H19FN2O2S. The highest BCUT2D eigenvalue weighted by Crippen LogP contribution is 2.22. The number of nitrogens with zero attached hydrogens (tertiary/aromatic N) is 1. The minimum absolute atomic E-state index is 0.155. The molecule has 0 amide bonds. The van der Waals surface area contributed by atoms with Gasteiger partial charge in [0, 0.05) is 18.7 Å². The molecule has 0 spiro atoms. The normalized spacial score (nSPS) is 11.2. The van der Waals surface area contributed by atoms with Gasteiger partial charge in [-0.1, -0.05) is 49.1 Å². The molecule has 2 rings (SSSR count). The Kier molecular flexibility index (Phi) is 6.10. The topological polar surface area (TPSA) is 63.4 Å². The van der Waals surface area contributed by atoms with Crippen molar-refractivity contribution < 1.29 is 12.8 Å². The number of sulfonamides is 1. The van der Waals surface area contributed by atoms with Crippen molar-refractivity contribution >= 4 is 10.0 Å². The SMILES string of the molecule is CCN(Cc1ccccc1)S(=O)(=O)c1ccc(C#CCN)cc1F. The second-order valence-corrected chi connectivity index (χ2v) is 6.97. The average molecular weight is 346 g/mol. The maximum absolute atomic E-state index is 14.3. The third-order valence-electron chi connectivity index (χ3n) is 3.44. The maximum atomic E-state index is 14.3. The van der Waals surface area contributed by atoms with Gasteiger partial charge in [0.2, 0.25) is 10.0 Å². The van der Waals surface area contributed by atoms with Crippen LogP contribution in [0.25, 0.3) is 0 Å². The largest absolute Gasteiger partial charge is 0.320 e. The van der Waals surface area contributed by atoms with Crippen molar-refractivity contribution in [3.8, 4) is 11.8 Å². The van der Waals surface area contributed by atoms with E-state index in [0.29, 0.717) is 5.56 Å². The van der Waals surface area contributed by atoms with Gasteiger partial charge in [0.05, 0.1) is 6.54 Å². The second-order valence-electron chi connectivity index (χ2n) is 5.07. The summed E-state index contributed by atoms with van der Waals surface area (Å²) in [6, 6.07) is 13.0. The van der Waals surface area contributed by atoms with E-state index >= 15 is 0 Å². The van der Waals surface area contributed by atoms with E-state index < -0.39 is 15.8 Å². The summed E-state index contributed by atoms with van der Waals surface area (Å²) in [7, 11) is -3.93. The third kappa shape index (κ3) is 4.20. The first-order valence-electron chi connectivity index (χ1n) is 7.51. The van der Waals surface area contributed by atoms with E-state index in [-0.39, 0.29) is 24.5 Å². The first-order chi connectivity index (χ1) is 11.5. The van der Waals surface area contributed by atoms with Crippen LogP contribution in [-0.4, -0.2) is 25.8 Å². The van der Waals surface area contributed by atoms with Gasteiger partial charge in [-0.15, -0.1) is 0 Å². The van der Waals surface area contributed by atoms with Crippen molar-refractivity contribution in [3.63, 3.8) is 0 Å². The highest BCUT2D eigenvalue weighted by molar-refractivity contribution is 7.89. The van der Waals surface area contributed by atoms with Gasteiger partial charge in [-0.3, -0.25) is 0 Å². The molecule has 2 aromatic carbocycles. The van der Waals surface area contributed by atoms with Crippen molar-refractivity contribution in [2.75, 3.05) is 13.1 Å². The van der Waals surface area contributed by atoms with Crippen molar-refractivity contribution in [2.45, 2.75) is 18.4 Å². The van der Waals surface area contributed by atoms with Gasteiger partial charge in [0.15, 0.2) is 0 Å². The first kappa shape index (κ1) is 18.1. The molecule has 0 unspecified atom stereocenters. The van der Waals surface area contributed by atoms with Crippen LogP contribution in [0.2, 0.25) is 0 Å². The third-order valence-corrected chi connectivity index (χ3v) is 5.39. The van der Waals surface area contributed by atoms with Crippen LogP contribution >= 0.6 is 0 Å². The molecule has 0 saturated heterocycles. The zero-order valence-electron chi connectivity index (χ0n) is 13.4. The van der Waals surface area contributed by atoms with Gasteiger partial charge in [-0.25, -0.2) is 12.8 Å². The lowest BCUT2D eigenvalue weighted by Crippen LogP contribution is -2.31. The first-order valence-corrected chi connectivity index (χ1v) is 8.95. The van der Waals surface area contributed by atoms with Crippen molar-refractivity contribution in [1.82, 2.24) is 4.31 Å². The average Bonchev–Trinajstić information content (AvgIpc) is 2.58. The minimum Gasteiger partial charge on any atom is -0.320 e. The number of halogens is 1.